The van der Waals surface area contributed by atoms with Crippen LogP contribution in [0.2, 0.25) is 0 Å². The lowest BCUT2D eigenvalue weighted by Gasteiger charge is -2.34. The molecule has 1 aliphatic heterocycles. The first kappa shape index (κ1) is 16.8. The third-order valence-electron chi connectivity index (χ3n) is 3.69. The van der Waals surface area contributed by atoms with E-state index in [0.29, 0.717) is 16.9 Å². The normalized spacial score (nSPS) is 24.4. The van der Waals surface area contributed by atoms with Crippen molar-refractivity contribution in [3.05, 3.63) is 34.2 Å². The predicted molar refractivity (Wildman–Crippen MR) is 85.7 cm³/mol. The Labute approximate surface area is 130 Å². The van der Waals surface area contributed by atoms with Crippen LogP contribution in [0.15, 0.2) is 28.0 Å². The SMILES string of the molecule is CCCCC1=Cc2ccc(CCC)cc2S1(Cl)C(F)(F)F. The first-order valence-electron chi connectivity index (χ1n) is 7.27. The zero-order valence-electron chi connectivity index (χ0n) is 12.3. The smallest absolute Gasteiger partial charge is 0.160 e. The Kier molecular flexibility index (Phi) is 4.99. The largest absolute Gasteiger partial charge is 0.445 e. The van der Waals surface area contributed by atoms with Crippen molar-refractivity contribution < 1.29 is 13.2 Å². The summed E-state index contributed by atoms with van der Waals surface area (Å²) in [6.45, 7) is 3.99. The van der Waals surface area contributed by atoms with Crippen molar-refractivity contribution in [3.8, 4) is 0 Å². The van der Waals surface area contributed by atoms with Gasteiger partial charge in [0, 0.05) is 4.90 Å². The van der Waals surface area contributed by atoms with Gasteiger partial charge in [-0.3, -0.25) is 0 Å². The molecular weight excluding hydrogens is 317 g/mol. The number of hydrogen-bond acceptors (Lipinski definition) is 0. The fourth-order valence-electron chi connectivity index (χ4n) is 2.62. The molecule has 1 heterocycles. The summed E-state index contributed by atoms with van der Waals surface area (Å²) in [5, 5.41) is 0. The molecule has 2 rings (SSSR count). The van der Waals surface area contributed by atoms with Crippen LogP contribution < -0.4 is 0 Å². The molecule has 0 saturated carbocycles. The van der Waals surface area contributed by atoms with Gasteiger partial charge in [-0.15, -0.1) is 0 Å². The van der Waals surface area contributed by atoms with Gasteiger partial charge in [0.1, 0.15) is 0 Å². The summed E-state index contributed by atoms with van der Waals surface area (Å²) < 4.78 is 41.0. The Bertz CT molecular complexity index is 551. The fraction of sp³-hybridized carbons (Fsp3) is 0.500. The van der Waals surface area contributed by atoms with Gasteiger partial charge in [0.2, 0.25) is 0 Å². The topological polar surface area (TPSA) is 0 Å². The van der Waals surface area contributed by atoms with Crippen molar-refractivity contribution in [1.82, 2.24) is 0 Å². The van der Waals surface area contributed by atoms with E-state index in [1.54, 1.807) is 18.2 Å². The van der Waals surface area contributed by atoms with E-state index in [2.05, 4.69) is 0 Å². The molecule has 0 fully saturated rings. The van der Waals surface area contributed by atoms with Gasteiger partial charge in [-0.1, -0.05) is 38.8 Å². The maximum absolute atomic E-state index is 13.7. The number of benzene rings is 1. The Morgan fingerprint density at radius 3 is 2.38 bits per heavy atom. The van der Waals surface area contributed by atoms with Gasteiger partial charge >= 0.3 is 5.51 Å². The van der Waals surface area contributed by atoms with Gasteiger partial charge in [0.15, 0.2) is 0 Å². The molecule has 0 aliphatic carbocycles. The molecule has 0 radical (unpaired) electrons. The van der Waals surface area contributed by atoms with Crippen LogP contribution in [0.3, 0.4) is 0 Å². The van der Waals surface area contributed by atoms with Crippen LogP contribution in [0.25, 0.3) is 6.08 Å². The van der Waals surface area contributed by atoms with Crippen molar-refractivity contribution in [2.75, 3.05) is 0 Å². The lowest BCUT2D eigenvalue weighted by molar-refractivity contribution is -0.0359. The van der Waals surface area contributed by atoms with Gasteiger partial charge in [0.25, 0.3) is 0 Å². The second-order valence-corrected chi connectivity index (χ2v) is 9.21. The Balaban J connectivity index is 2.49. The molecule has 0 spiro atoms. The summed E-state index contributed by atoms with van der Waals surface area (Å²) in [6.07, 6.45) is 5.37. The summed E-state index contributed by atoms with van der Waals surface area (Å²) in [5.74, 6) is 0. The third kappa shape index (κ3) is 2.98. The van der Waals surface area contributed by atoms with E-state index in [-0.39, 0.29) is 4.90 Å². The van der Waals surface area contributed by atoms with Gasteiger partial charge in [-0.25, -0.2) is 0 Å². The van der Waals surface area contributed by atoms with Crippen LogP contribution in [0, 0.1) is 0 Å². The molecule has 1 aromatic rings. The quantitative estimate of drug-likeness (QED) is 0.542. The minimum Gasteiger partial charge on any atom is -0.160 e. The van der Waals surface area contributed by atoms with Gasteiger partial charge in [0.05, 0.1) is 0 Å². The number of allylic oxidation sites excluding steroid dienone is 1. The number of alkyl halides is 3. The average Bonchev–Trinajstić information content (AvgIpc) is 2.71. The fourth-order valence-corrected chi connectivity index (χ4v) is 5.69. The molecule has 0 nitrogen and oxygen atoms in total. The van der Waals surface area contributed by atoms with E-state index in [1.807, 2.05) is 19.9 Å². The first-order chi connectivity index (χ1) is 9.84. The van der Waals surface area contributed by atoms with E-state index >= 15 is 0 Å². The molecule has 0 saturated heterocycles. The lowest BCUT2D eigenvalue weighted by atomic mass is 10.1. The second kappa shape index (κ2) is 6.25. The third-order valence-corrected chi connectivity index (χ3v) is 7.95. The molecule has 1 unspecified atom stereocenters. The lowest BCUT2D eigenvalue weighted by Crippen LogP contribution is -2.16. The molecule has 5 heteroatoms. The highest BCUT2D eigenvalue weighted by atomic mass is 35.7. The highest BCUT2D eigenvalue weighted by Gasteiger charge is 2.55. The van der Waals surface area contributed by atoms with Gasteiger partial charge < -0.3 is 0 Å². The zero-order valence-corrected chi connectivity index (χ0v) is 13.8. The average molecular weight is 337 g/mol. The maximum atomic E-state index is 13.7. The molecule has 0 amide bonds. The van der Waals surface area contributed by atoms with Gasteiger partial charge in [-0.05, 0) is 67.4 Å². The molecule has 21 heavy (non-hydrogen) atoms. The van der Waals surface area contributed by atoms with Crippen molar-refractivity contribution in [1.29, 1.82) is 0 Å². The van der Waals surface area contributed by atoms with Crippen molar-refractivity contribution in [2.24, 2.45) is 0 Å². The molecule has 1 aliphatic rings. The molecule has 1 aromatic carbocycles. The number of unbranched alkanes of at least 4 members (excludes halogenated alkanes) is 1. The van der Waals surface area contributed by atoms with Crippen LogP contribution in [-0.2, 0) is 6.42 Å². The molecule has 0 aromatic heterocycles. The van der Waals surface area contributed by atoms with E-state index in [9.17, 15) is 13.2 Å². The van der Waals surface area contributed by atoms with Crippen molar-refractivity contribution in [3.63, 3.8) is 0 Å². The van der Waals surface area contributed by atoms with Crippen LogP contribution in [0.4, 0.5) is 13.2 Å². The molecule has 0 bridgehead atoms. The minimum absolute atomic E-state index is 0.286. The highest BCUT2D eigenvalue weighted by Crippen LogP contribution is 2.80. The maximum Gasteiger partial charge on any atom is 0.445 e. The second-order valence-electron chi connectivity index (χ2n) is 5.32. The molecular formula is C16H20ClF3S. The van der Waals surface area contributed by atoms with E-state index in [0.717, 1.165) is 31.2 Å². The van der Waals surface area contributed by atoms with Crippen molar-refractivity contribution >= 4 is 26.0 Å². The first-order valence-corrected chi connectivity index (χ1v) is 9.73. The Hall–Kier alpha value is -0.610. The summed E-state index contributed by atoms with van der Waals surface area (Å²) in [5.41, 5.74) is -2.82. The van der Waals surface area contributed by atoms with Crippen LogP contribution in [0.1, 0.15) is 50.7 Å². The number of rotatable bonds is 5. The van der Waals surface area contributed by atoms with Crippen molar-refractivity contribution in [2.45, 2.75) is 56.4 Å². The standard InChI is InChI=1S/C16H20ClF3S/c1-3-5-7-14-11-13-9-8-12(6-4-2)10-15(13)21(14,17)16(18,19)20/h8-11H,3-7H2,1-2H3. The summed E-state index contributed by atoms with van der Waals surface area (Å²) in [7, 11) is 2.84. The van der Waals surface area contributed by atoms with E-state index < -0.39 is 14.7 Å². The molecule has 118 valence electrons. The zero-order chi connectivity index (χ0) is 15.7. The monoisotopic (exact) mass is 336 g/mol. The highest BCUT2D eigenvalue weighted by molar-refractivity contribution is 8.54. The van der Waals surface area contributed by atoms with Crippen LogP contribution in [-0.4, -0.2) is 5.51 Å². The summed E-state index contributed by atoms with van der Waals surface area (Å²) >= 11 is 0. The molecule has 0 N–H and O–H groups in total. The number of hydrogen-bond donors (Lipinski definition) is 0. The minimum atomic E-state index is -4.40. The predicted octanol–water partition coefficient (Wildman–Crippen LogP) is 7.02. The number of halogens is 4. The van der Waals surface area contributed by atoms with Crippen LogP contribution in [0.5, 0.6) is 0 Å². The number of aryl methyl sites for hydroxylation is 1. The number of fused-ring (bicyclic) bond motifs is 1. The van der Waals surface area contributed by atoms with Crippen LogP contribution >= 0.6 is 19.9 Å². The summed E-state index contributed by atoms with van der Waals surface area (Å²) in [4.78, 5) is 0.649. The van der Waals surface area contributed by atoms with Gasteiger partial charge in [-0.2, -0.15) is 13.2 Å². The summed E-state index contributed by atoms with van der Waals surface area (Å²) in [6, 6.07) is 5.37. The van der Waals surface area contributed by atoms with E-state index in [1.165, 1.54) is 0 Å². The molecule has 1 atom stereocenters. The Morgan fingerprint density at radius 1 is 1.10 bits per heavy atom. The Morgan fingerprint density at radius 2 is 1.81 bits per heavy atom. The van der Waals surface area contributed by atoms with E-state index in [4.69, 9.17) is 10.7 Å².